The Hall–Kier alpha value is -2.72. The van der Waals surface area contributed by atoms with Crippen molar-refractivity contribution in [2.75, 3.05) is 6.54 Å². The smallest absolute Gasteiger partial charge is 0.414 e. The summed E-state index contributed by atoms with van der Waals surface area (Å²) >= 11 is 0. The highest BCUT2D eigenvalue weighted by molar-refractivity contribution is 7.91. The van der Waals surface area contributed by atoms with Gasteiger partial charge in [0.15, 0.2) is 0 Å². The van der Waals surface area contributed by atoms with Gasteiger partial charge in [-0.2, -0.15) is 0 Å². The number of carbonyl (C=O) groups is 2. The second-order valence-electron chi connectivity index (χ2n) is 6.12. The fourth-order valence-corrected chi connectivity index (χ4v) is 4.41. The summed E-state index contributed by atoms with van der Waals surface area (Å²) in [6, 6.07) is 5.39. The maximum atomic E-state index is 12.6. The highest BCUT2D eigenvalue weighted by Gasteiger charge is 2.25. The SMILES string of the molecule is Cn1ccnc1S(=O)(=O)c1ccc2c(c1)CCCC2CN.O=C(O)C(=O)O. The van der Waals surface area contributed by atoms with Crippen LogP contribution in [-0.2, 0) is 32.9 Å². The van der Waals surface area contributed by atoms with Crippen LogP contribution in [-0.4, -0.2) is 46.7 Å². The third kappa shape index (κ3) is 4.52. The van der Waals surface area contributed by atoms with Crippen LogP contribution < -0.4 is 5.73 Å². The minimum atomic E-state index is -3.56. The molecule has 1 aliphatic carbocycles. The van der Waals surface area contributed by atoms with Crippen molar-refractivity contribution >= 4 is 21.8 Å². The van der Waals surface area contributed by atoms with Gasteiger partial charge in [0.2, 0.25) is 15.0 Å². The first-order valence-corrected chi connectivity index (χ1v) is 9.68. The van der Waals surface area contributed by atoms with Gasteiger partial charge in [-0.1, -0.05) is 6.07 Å². The Balaban J connectivity index is 0.000000380. The first-order chi connectivity index (χ1) is 12.7. The average Bonchev–Trinajstić information content (AvgIpc) is 3.08. The number of aromatic nitrogens is 2. The van der Waals surface area contributed by atoms with Crippen LogP contribution in [0.15, 0.2) is 40.6 Å². The van der Waals surface area contributed by atoms with E-state index >= 15 is 0 Å². The molecule has 4 N–H and O–H groups in total. The van der Waals surface area contributed by atoms with Crippen LogP contribution in [0.1, 0.15) is 29.9 Å². The van der Waals surface area contributed by atoms with Crippen molar-refractivity contribution in [1.29, 1.82) is 0 Å². The van der Waals surface area contributed by atoms with Crippen molar-refractivity contribution in [2.24, 2.45) is 12.8 Å². The van der Waals surface area contributed by atoms with Crippen molar-refractivity contribution in [1.82, 2.24) is 9.55 Å². The van der Waals surface area contributed by atoms with Crippen molar-refractivity contribution in [3.63, 3.8) is 0 Å². The minimum absolute atomic E-state index is 0.0774. The van der Waals surface area contributed by atoms with E-state index in [4.69, 9.17) is 25.5 Å². The number of benzene rings is 1. The zero-order valence-corrected chi connectivity index (χ0v) is 15.5. The van der Waals surface area contributed by atoms with E-state index in [1.54, 1.807) is 25.4 Å². The molecule has 0 fully saturated rings. The van der Waals surface area contributed by atoms with E-state index in [0.29, 0.717) is 17.4 Å². The standard InChI is InChI=1S/C15H19N3O2S.C2H2O4/c1-18-8-7-17-15(18)21(19,20)13-5-6-14-11(9-13)3-2-4-12(14)10-16;3-1(4)2(5)6/h5-9,12H,2-4,10,16H2,1H3;(H,3,4)(H,5,6). The summed E-state index contributed by atoms with van der Waals surface area (Å²) < 4.78 is 26.8. The molecule has 1 atom stereocenters. The number of sulfone groups is 1. The third-order valence-electron chi connectivity index (χ3n) is 4.35. The van der Waals surface area contributed by atoms with Crippen molar-refractivity contribution < 1.29 is 28.2 Å². The number of nitrogens with zero attached hydrogens (tertiary/aromatic N) is 2. The van der Waals surface area contributed by atoms with Gasteiger partial charge >= 0.3 is 11.9 Å². The molecule has 9 nitrogen and oxygen atoms in total. The number of aliphatic carboxylic acids is 2. The number of rotatable bonds is 3. The Morgan fingerprint density at radius 1 is 1.30 bits per heavy atom. The van der Waals surface area contributed by atoms with Gasteiger partial charge < -0.3 is 20.5 Å². The van der Waals surface area contributed by atoms with Crippen molar-refractivity contribution in [3.05, 3.63) is 41.7 Å². The molecule has 0 spiro atoms. The molecule has 1 heterocycles. The van der Waals surface area contributed by atoms with Gasteiger partial charge in [0.1, 0.15) is 0 Å². The van der Waals surface area contributed by atoms with E-state index in [-0.39, 0.29) is 5.16 Å². The van der Waals surface area contributed by atoms with Crippen molar-refractivity contribution in [3.8, 4) is 0 Å². The molecule has 10 heteroatoms. The lowest BCUT2D eigenvalue weighted by molar-refractivity contribution is -0.159. The number of fused-ring (bicyclic) bond motifs is 1. The largest absolute Gasteiger partial charge is 0.473 e. The van der Waals surface area contributed by atoms with Gasteiger partial charge in [0.05, 0.1) is 4.90 Å². The molecule has 2 aromatic rings. The maximum absolute atomic E-state index is 12.6. The van der Waals surface area contributed by atoms with Gasteiger partial charge in [0, 0.05) is 19.4 Å². The molecule has 0 radical (unpaired) electrons. The van der Waals surface area contributed by atoms with Crippen LogP contribution in [0.4, 0.5) is 0 Å². The van der Waals surface area contributed by atoms with Crippen LogP contribution >= 0.6 is 0 Å². The highest BCUT2D eigenvalue weighted by atomic mass is 32.2. The lowest BCUT2D eigenvalue weighted by Crippen LogP contribution is -2.19. The summed E-state index contributed by atoms with van der Waals surface area (Å²) in [6.07, 6.45) is 6.18. The van der Waals surface area contributed by atoms with Crippen LogP contribution in [0.5, 0.6) is 0 Å². The average molecular weight is 395 g/mol. The van der Waals surface area contributed by atoms with Gasteiger partial charge in [-0.15, -0.1) is 0 Å². The molecule has 1 aromatic heterocycles. The minimum Gasteiger partial charge on any atom is -0.473 e. The zero-order chi connectivity index (χ0) is 20.2. The molecule has 3 rings (SSSR count). The van der Waals surface area contributed by atoms with E-state index in [0.717, 1.165) is 24.8 Å². The van der Waals surface area contributed by atoms with E-state index < -0.39 is 21.8 Å². The summed E-state index contributed by atoms with van der Waals surface area (Å²) in [5.41, 5.74) is 8.11. The highest BCUT2D eigenvalue weighted by Crippen LogP contribution is 2.33. The molecule has 1 aliphatic rings. The molecule has 27 heavy (non-hydrogen) atoms. The predicted molar refractivity (Wildman–Crippen MR) is 95.1 cm³/mol. The number of nitrogens with two attached hydrogens (primary N) is 1. The normalized spacial score (nSPS) is 16.0. The number of hydrogen-bond acceptors (Lipinski definition) is 6. The first kappa shape index (κ1) is 20.6. The summed E-state index contributed by atoms with van der Waals surface area (Å²) in [7, 11) is -1.88. The Kier molecular flexibility index (Phi) is 6.34. The molecule has 1 unspecified atom stereocenters. The topological polar surface area (TPSA) is 153 Å². The Labute approximate surface area is 156 Å². The molecule has 146 valence electrons. The van der Waals surface area contributed by atoms with E-state index in [9.17, 15) is 8.42 Å². The predicted octanol–water partition coefficient (Wildman–Crippen LogP) is 0.787. The number of carboxylic acids is 2. The Morgan fingerprint density at radius 3 is 2.48 bits per heavy atom. The molecule has 0 bridgehead atoms. The molecule has 0 amide bonds. The second-order valence-corrected chi connectivity index (χ2v) is 7.96. The second kappa shape index (κ2) is 8.31. The number of hydrogen-bond donors (Lipinski definition) is 3. The number of carboxylic acid groups (broad SMARTS) is 2. The summed E-state index contributed by atoms with van der Waals surface area (Å²) in [5, 5.41) is 14.9. The molecular formula is C17H21N3O6S. The van der Waals surface area contributed by atoms with E-state index in [2.05, 4.69) is 4.98 Å². The van der Waals surface area contributed by atoms with Gasteiger partial charge in [-0.25, -0.2) is 23.0 Å². The monoisotopic (exact) mass is 395 g/mol. The zero-order valence-electron chi connectivity index (χ0n) is 14.7. The quantitative estimate of drug-likeness (QED) is 0.645. The van der Waals surface area contributed by atoms with Crippen LogP contribution in [0, 0.1) is 0 Å². The number of aryl methyl sites for hydroxylation is 2. The Bertz CT molecular complexity index is 939. The summed E-state index contributed by atoms with van der Waals surface area (Å²) in [4.78, 5) is 22.5. The maximum Gasteiger partial charge on any atom is 0.414 e. The van der Waals surface area contributed by atoms with Gasteiger partial charge in [-0.3, -0.25) is 0 Å². The fourth-order valence-electron chi connectivity index (χ4n) is 3.02. The van der Waals surface area contributed by atoms with E-state index in [1.807, 2.05) is 6.07 Å². The van der Waals surface area contributed by atoms with E-state index in [1.165, 1.54) is 16.3 Å². The first-order valence-electron chi connectivity index (χ1n) is 8.20. The van der Waals surface area contributed by atoms with Crippen LogP contribution in [0.3, 0.4) is 0 Å². The molecule has 0 saturated carbocycles. The molecular weight excluding hydrogens is 374 g/mol. The summed E-state index contributed by atoms with van der Waals surface area (Å²) in [6.45, 7) is 0.610. The lowest BCUT2D eigenvalue weighted by atomic mass is 9.83. The van der Waals surface area contributed by atoms with Crippen LogP contribution in [0.25, 0.3) is 0 Å². The van der Waals surface area contributed by atoms with Gasteiger partial charge in [-0.05, 0) is 55.0 Å². The van der Waals surface area contributed by atoms with Crippen molar-refractivity contribution in [2.45, 2.75) is 35.2 Å². The van der Waals surface area contributed by atoms with Gasteiger partial charge in [0.25, 0.3) is 0 Å². The molecule has 1 aromatic carbocycles. The third-order valence-corrected chi connectivity index (χ3v) is 6.10. The lowest BCUT2D eigenvalue weighted by Gasteiger charge is -2.24. The Morgan fingerprint density at radius 2 is 1.96 bits per heavy atom. The van der Waals surface area contributed by atoms with Crippen LogP contribution in [0.2, 0.25) is 0 Å². The fraction of sp³-hybridized carbons (Fsp3) is 0.353. The number of imidazole rings is 1. The molecule has 0 aliphatic heterocycles. The summed E-state index contributed by atoms with van der Waals surface area (Å²) in [5.74, 6) is -3.30. The molecule has 0 saturated heterocycles.